The molecular weight excluding hydrogens is 736 g/mol. The number of ether oxygens (including phenoxy) is 3. The van der Waals surface area contributed by atoms with Crippen LogP contribution in [0.25, 0.3) is 0 Å². The van der Waals surface area contributed by atoms with E-state index in [-0.39, 0.29) is 24.1 Å². The van der Waals surface area contributed by atoms with Crippen LogP contribution in [0.4, 0.5) is 0 Å². The molecule has 1 aromatic rings. The van der Waals surface area contributed by atoms with E-state index in [9.17, 15) is 45.0 Å². The summed E-state index contributed by atoms with van der Waals surface area (Å²) in [7, 11) is 1.52. The number of carbonyl (C=O) groups excluding carboxylic acids is 2. The van der Waals surface area contributed by atoms with Crippen LogP contribution in [0.1, 0.15) is 65.2 Å². The zero-order valence-corrected chi connectivity index (χ0v) is 33.9. The largest absolute Gasteiger partial charge is 0.507 e. The number of H-pyrrole nitrogens is 1. The number of pyridine rings is 1. The molecule has 1 amide bonds. The van der Waals surface area contributed by atoms with Gasteiger partial charge in [0, 0.05) is 31.2 Å². The van der Waals surface area contributed by atoms with E-state index in [1.807, 2.05) is 26.8 Å². The second kappa shape index (κ2) is 21.0. The molecule has 2 saturated heterocycles. The van der Waals surface area contributed by atoms with Crippen LogP contribution in [0, 0.1) is 17.3 Å². The smallest absolute Gasteiger partial charge is 0.262 e. The molecule has 7 unspecified atom stereocenters. The number of hydrogen-bond acceptors (Lipinski definition) is 12. The molecule has 11 atom stereocenters. The summed E-state index contributed by atoms with van der Waals surface area (Å²) in [6.45, 7) is 12.2. The van der Waals surface area contributed by atoms with Crippen molar-refractivity contribution in [1.29, 1.82) is 0 Å². The minimum absolute atomic E-state index is 0.0817. The minimum Gasteiger partial charge on any atom is -0.507 e. The van der Waals surface area contributed by atoms with Crippen LogP contribution in [0.15, 0.2) is 101 Å². The van der Waals surface area contributed by atoms with Gasteiger partial charge in [-0.3, -0.25) is 14.4 Å². The minimum atomic E-state index is -2.34. The van der Waals surface area contributed by atoms with Gasteiger partial charge in [0.2, 0.25) is 11.7 Å². The summed E-state index contributed by atoms with van der Waals surface area (Å²) in [6, 6.07) is 1.22. The predicted molar refractivity (Wildman–Crippen MR) is 215 cm³/mol. The van der Waals surface area contributed by atoms with Crippen molar-refractivity contribution in [1.82, 2.24) is 10.3 Å². The summed E-state index contributed by atoms with van der Waals surface area (Å²) in [6.07, 6.45) is 12.8. The van der Waals surface area contributed by atoms with Gasteiger partial charge in [-0.25, -0.2) is 0 Å². The van der Waals surface area contributed by atoms with Crippen LogP contribution in [-0.2, 0) is 19.0 Å². The molecule has 2 fully saturated rings. The molecule has 0 bridgehead atoms. The molecule has 2 aliphatic rings. The SMILES string of the molecule is C/C=C\C=C\C1OC(O)([C@@H](CC)C(=O)NC/C=C/C=C(\C)[C@H](OC)C(C)[C@@H]2O[C@H](/C=C/C=C/C=C(\C)C(=O)c3c(O)cc[nH]c3=O)C(O)C2O)C(O)C(O)C1(C)C. The van der Waals surface area contributed by atoms with E-state index in [0.717, 1.165) is 5.57 Å². The number of aromatic amines is 1. The maximum Gasteiger partial charge on any atom is 0.262 e. The van der Waals surface area contributed by atoms with Gasteiger partial charge in [0.05, 0.1) is 30.3 Å². The number of hydrogen-bond donors (Lipinski definition) is 8. The van der Waals surface area contributed by atoms with E-state index >= 15 is 0 Å². The van der Waals surface area contributed by atoms with Crippen molar-refractivity contribution in [3.8, 4) is 5.75 Å². The van der Waals surface area contributed by atoms with Gasteiger partial charge in [-0.15, -0.1) is 0 Å². The second-order valence-electron chi connectivity index (χ2n) is 15.0. The van der Waals surface area contributed by atoms with Crippen molar-refractivity contribution in [2.45, 2.75) is 110 Å². The highest BCUT2D eigenvalue weighted by molar-refractivity contribution is 6.09. The topological polar surface area (TPSA) is 228 Å². The zero-order chi connectivity index (χ0) is 42.7. The lowest BCUT2D eigenvalue weighted by molar-refractivity contribution is -0.359. The molecule has 2 aliphatic heterocycles. The van der Waals surface area contributed by atoms with E-state index in [0.29, 0.717) is 0 Å². The van der Waals surface area contributed by atoms with Crippen molar-refractivity contribution >= 4 is 11.7 Å². The van der Waals surface area contributed by atoms with Crippen molar-refractivity contribution in [3.05, 3.63) is 112 Å². The Kier molecular flexibility index (Phi) is 17.3. The standard InChI is InChI=1S/C43H60N2O12/c1-9-11-13-21-31-42(6,7)38(50)39(51)43(54,57-31)28(10-2)40(52)44-23-17-16-19-26(4)36(55-8)27(5)37-35(49)34(48)30(56-37)20-15-12-14-18-25(3)33(47)32-29(46)22-24-45-41(32)53/h9,11-22,24,27-28,30-31,34-39,48-51,54H,10,23H2,1-8H3,(H,44,52)(H2,45,46,53)/b11-9-,14-12+,17-16+,20-15+,21-13+,25-18+,26-19+/t27?,28-,30+,31?,34?,35?,36-,37-,38?,39?,43?/m0/s1. The number of aliphatic hydroxyl groups is 5. The van der Waals surface area contributed by atoms with Gasteiger partial charge < -0.3 is 55.2 Å². The maximum absolute atomic E-state index is 13.3. The highest BCUT2D eigenvalue weighted by atomic mass is 16.7. The number of amides is 1. The molecule has 8 N–H and O–H groups in total. The Bertz CT molecular complexity index is 1810. The van der Waals surface area contributed by atoms with Crippen LogP contribution in [0.3, 0.4) is 0 Å². The molecule has 0 aliphatic carbocycles. The summed E-state index contributed by atoms with van der Waals surface area (Å²) in [5, 5.41) is 67.8. The first-order valence-corrected chi connectivity index (χ1v) is 19.1. The average molecular weight is 797 g/mol. The number of rotatable bonds is 17. The Balaban J connectivity index is 1.60. The third-order valence-corrected chi connectivity index (χ3v) is 10.7. The lowest BCUT2D eigenvalue weighted by Gasteiger charge is -2.53. The van der Waals surface area contributed by atoms with Gasteiger partial charge in [-0.05, 0) is 44.4 Å². The van der Waals surface area contributed by atoms with E-state index in [2.05, 4.69) is 10.3 Å². The van der Waals surface area contributed by atoms with Gasteiger partial charge in [0.25, 0.3) is 5.56 Å². The number of Topliss-reactive ketones (excluding diaryl/α,β-unsaturated/α-hetero) is 1. The number of ketones is 1. The first-order chi connectivity index (χ1) is 26.9. The number of aromatic nitrogens is 1. The fraction of sp³-hybridized carbons (Fsp3) is 0.512. The second-order valence-corrected chi connectivity index (χ2v) is 15.0. The molecule has 0 radical (unpaired) electrons. The first-order valence-electron chi connectivity index (χ1n) is 19.1. The van der Waals surface area contributed by atoms with Crippen LogP contribution in [0.5, 0.6) is 5.75 Å². The van der Waals surface area contributed by atoms with E-state index in [4.69, 9.17) is 14.2 Å². The predicted octanol–water partition coefficient (Wildman–Crippen LogP) is 3.07. The van der Waals surface area contributed by atoms with Crippen LogP contribution in [0.2, 0.25) is 0 Å². The number of aromatic hydroxyl groups is 1. The van der Waals surface area contributed by atoms with Crippen LogP contribution >= 0.6 is 0 Å². The monoisotopic (exact) mass is 796 g/mol. The summed E-state index contributed by atoms with van der Waals surface area (Å²) in [4.78, 5) is 40.2. The molecule has 1 aromatic heterocycles. The Morgan fingerprint density at radius 2 is 1.68 bits per heavy atom. The summed E-state index contributed by atoms with van der Waals surface area (Å²) >= 11 is 0. The number of nitrogens with one attached hydrogen (secondary N) is 2. The molecule has 14 heteroatoms. The van der Waals surface area contributed by atoms with Crippen molar-refractivity contribution in [2.75, 3.05) is 13.7 Å². The Labute approximate surface area is 334 Å². The van der Waals surface area contributed by atoms with Crippen molar-refractivity contribution in [2.24, 2.45) is 17.3 Å². The molecule has 14 nitrogen and oxygen atoms in total. The Morgan fingerprint density at radius 1 is 1.00 bits per heavy atom. The number of aliphatic hydroxyl groups excluding tert-OH is 4. The summed E-state index contributed by atoms with van der Waals surface area (Å²) in [5.74, 6) is -5.55. The molecule has 314 valence electrons. The molecule has 0 saturated carbocycles. The lowest BCUT2D eigenvalue weighted by atomic mass is 9.71. The third kappa shape index (κ3) is 11.0. The summed E-state index contributed by atoms with van der Waals surface area (Å²) in [5.41, 5.74) is -1.02. The quantitative estimate of drug-likeness (QED) is 0.0647. The lowest BCUT2D eigenvalue weighted by Crippen LogP contribution is -2.69. The third-order valence-electron chi connectivity index (χ3n) is 10.7. The highest BCUT2D eigenvalue weighted by Gasteiger charge is 2.60. The molecular formula is C43H60N2O12. The fourth-order valence-electron chi connectivity index (χ4n) is 7.12. The normalized spacial score (nSPS) is 30.2. The molecule has 0 aromatic carbocycles. The van der Waals surface area contributed by atoms with Crippen molar-refractivity contribution in [3.63, 3.8) is 0 Å². The Hall–Kier alpha value is -4.25. The highest BCUT2D eigenvalue weighted by Crippen LogP contribution is 2.44. The molecule has 57 heavy (non-hydrogen) atoms. The van der Waals surface area contributed by atoms with Gasteiger partial charge in [0.15, 0.2) is 5.78 Å². The van der Waals surface area contributed by atoms with E-state index in [1.54, 1.807) is 81.5 Å². The van der Waals surface area contributed by atoms with E-state index < -0.39 is 94.9 Å². The molecule has 3 heterocycles. The van der Waals surface area contributed by atoms with Crippen molar-refractivity contribution < 1.29 is 54.4 Å². The molecule has 0 spiro atoms. The number of methoxy groups -OCH3 is 1. The van der Waals surface area contributed by atoms with Crippen LogP contribution < -0.4 is 10.9 Å². The first kappa shape index (κ1) is 47.1. The number of carbonyl (C=O) groups is 2. The maximum atomic E-state index is 13.3. The Morgan fingerprint density at radius 3 is 2.32 bits per heavy atom. The van der Waals surface area contributed by atoms with Gasteiger partial charge in [0.1, 0.15) is 35.7 Å². The fourth-order valence-corrected chi connectivity index (χ4v) is 7.12. The van der Waals surface area contributed by atoms with Crippen LogP contribution in [-0.4, -0.2) is 116 Å². The average Bonchev–Trinajstić information content (AvgIpc) is 3.45. The number of allylic oxidation sites excluding steroid dienone is 10. The van der Waals surface area contributed by atoms with Gasteiger partial charge >= 0.3 is 0 Å². The van der Waals surface area contributed by atoms with Gasteiger partial charge in [-0.2, -0.15) is 0 Å². The summed E-state index contributed by atoms with van der Waals surface area (Å²) < 4.78 is 17.8. The zero-order valence-electron chi connectivity index (χ0n) is 33.9. The van der Waals surface area contributed by atoms with Gasteiger partial charge in [-0.1, -0.05) is 101 Å². The van der Waals surface area contributed by atoms with E-state index in [1.165, 1.54) is 32.4 Å². The molecule has 3 rings (SSSR count).